The van der Waals surface area contributed by atoms with Crippen molar-refractivity contribution in [1.29, 1.82) is 0 Å². The lowest BCUT2D eigenvalue weighted by molar-refractivity contribution is -0.132. The van der Waals surface area contributed by atoms with Crippen molar-refractivity contribution in [3.63, 3.8) is 0 Å². The highest BCUT2D eigenvalue weighted by Gasteiger charge is 2.42. The maximum atomic E-state index is 12.2. The summed E-state index contributed by atoms with van der Waals surface area (Å²) in [6.07, 6.45) is 25.5. The molecule has 0 saturated heterocycles. The third kappa shape index (κ3) is 16.2. The molecule has 0 saturated carbocycles. The van der Waals surface area contributed by atoms with Crippen molar-refractivity contribution in [3.8, 4) is 0 Å². The molecule has 0 bridgehead atoms. The highest BCUT2D eigenvalue weighted by Crippen LogP contribution is 2.37. The van der Waals surface area contributed by atoms with Gasteiger partial charge in [-0.3, -0.25) is 9.59 Å². The second-order valence-corrected chi connectivity index (χ2v) is 10.2. The topological polar surface area (TPSA) is 34.1 Å². The number of rotatable bonds is 24. The zero-order valence-electron chi connectivity index (χ0n) is 20.6. The predicted octanol–water partition coefficient (Wildman–Crippen LogP) is 10.1. The Morgan fingerprint density at radius 1 is 0.452 bits per heavy atom. The van der Waals surface area contributed by atoms with Crippen molar-refractivity contribution >= 4 is 33.7 Å². The highest BCUT2D eigenvalue weighted by atomic mass is 35.5. The van der Waals surface area contributed by atoms with Crippen molar-refractivity contribution in [2.75, 3.05) is 0 Å². The number of halogens is 2. The van der Waals surface area contributed by atoms with Gasteiger partial charge in [0.1, 0.15) is 5.41 Å². The molecule has 31 heavy (non-hydrogen) atoms. The second kappa shape index (κ2) is 21.7. The summed E-state index contributed by atoms with van der Waals surface area (Å²) in [6, 6.07) is 0. The molecule has 0 N–H and O–H groups in total. The highest BCUT2D eigenvalue weighted by molar-refractivity contribution is 6.74. The third-order valence-electron chi connectivity index (χ3n) is 6.67. The van der Waals surface area contributed by atoms with Gasteiger partial charge in [-0.25, -0.2) is 0 Å². The van der Waals surface area contributed by atoms with E-state index in [1.165, 1.54) is 89.9 Å². The third-order valence-corrected chi connectivity index (χ3v) is 7.39. The summed E-state index contributed by atoms with van der Waals surface area (Å²) >= 11 is 11.8. The van der Waals surface area contributed by atoms with E-state index in [0.29, 0.717) is 12.8 Å². The number of carbonyl (C=O) groups excluding carboxylic acids is 2. The zero-order chi connectivity index (χ0) is 23.2. The molecule has 0 aliphatic rings. The molecule has 0 aliphatic heterocycles. The van der Waals surface area contributed by atoms with Crippen LogP contribution in [0.4, 0.5) is 0 Å². The molecule has 0 atom stereocenters. The summed E-state index contributed by atoms with van der Waals surface area (Å²) < 4.78 is 0. The molecular formula is C27H50Cl2O2. The van der Waals surface area contributed by atoms with Crippen molar-refractivity contribution in [2.24, 2.45) is 5.41 Å². The van der Waals surface area contributed by atoms with E-state index in [1.807, 2.05) is 0 Å². The Labute approximate surface area is 203 Å². The standard InChI is InChI=1S/C27H50Cl2O2/c1-3-5-7-9-11-13-15-17-19-21-23-27(25(28)30,26(29)31)24-22-20-18-16-14-12-10-8-6-4-2/h3-24H2,1-2H3. The lowest BCUT2D eigenvalue weighted by atomic mass is 9.80. The van der Waals surface area contributed by atoms with Crippen LogP contribution in [0.25, 0.3) is 0 Å². The van der Waals surface area contributed by atoms with Crippen LogP contribution in [0.1, 0.15) is 155 Å². The largest absolute Gasteiger partial charge is 0.280 e. The normalized spacial score (nSPS) is 11.7. The van der Waals surface area contributed by atoms with Crippen LogP contribution in [0.5, 0.6) is 0 Å². The van der Waals surface area contributed by atoms with Crippen LogP contribution in [0.2, 0.25) is 0 Å². The van der Waals surface area contributed by atoms with Gasteiger partial charge in [-0.15, -0.1) is 0 Å². The summed E-state index contributed by atoms with van der Waals surface area (Å²) in [5.41, 5.74) is -1.16. The van der Waals surface area contributed by atoms with Gasteiger partial charge in [0, 0.05) is 0 Å². The Morgan fingerprint density at radius 2 is 0.677 bits per heavy atom. The van der Waals surface area contributed by atoms with Crippen molar-refractivity contribution in [1.82, 2.24) is 0 Å². The van der Waals surface area contributed by atoms with E-state index in [9.17, 15) is 9.59 Å². The van der Waals surface area contributed by atoms with Gasteiger partial charge in [-0.05, 0) is 36.0 Å². The molecule has 0 amide bonds. The second-order valence-electron chi connectivity index (χ2n) is 9.49. The molecule has 0 aromatic carbocycles. The average molecular weight is 478 g/mol. The van der Waals surface area contributed by atoms with Gasteiger partial charge < -0.3 is 0 Å². The van der Waals surface area contributed by atoms with Crippen LogP contribution in [0.15, 0.2) is 0 Å². The zero-order valence-corrected chi connectivity index (χ0v) is 22.1. The molecule has 0 heterocycles. The summed E-state index contributed by atoms with van der Waals surface area (Å²) in [6.45, 7) is 4.49. The van der Waals surface area contributed by atoms with Crippen molar-refractivity contribution in [2.45, 2.75) is 155 Å². The molecule has 184 valence electrons. The van der Waals surface area contributed by atoms with Crippen LogP contribution in [-0.4, -0.2) is 10.5 Å². The molecular weight excluding hydrogens is 427 g/mol. The quantitative estimate of drug-likeness (QED) is 0.0787. The Hall–Kier alpha value is -0.0800. The molecule has 0 aromatic heterocycles. The van der Waals surface area contributed by atoms with Crippen molar-refractivity contribution < 1.29 is 9.59 Å². The monoisotopic (exact) mass is 476 g/mol. The number of carbonyl (C=O) groups is 2. The van der Waals surface area contributed by atoms with E-state index in [-0.39, 0.29) is 0 Å². The van der Waals surface area contributed by atoms with E-state index in [1.54, 1.807) is 0 Å². The van der Waals surface area contributed by atoms with Gasteiger partial charge in [0.05, 0.1) is 0 Å². The van der Waals surface area contributed by atoms with Crippen LogP contribution in [0.3, 0.4) is 0 Å². The van der Waals surface area contributed by atoms with Gasteiger partial charge in [0.15, 0.2) is 0 Å². The smallest absolute Gasteiger partial charge is 0.236 e. The molecule has 0 spiro atoms. The molecule has 0 aliphatic carbocycles. The molecule has 2 nitrogen and oxygen atoms in total. The summed E-state index contributed by atoms with van der Waals surface area (Å²) in [5.74, 6) is 0. The van der Waals surface area contributed by atoms with Gasteiger partial charge >= 0.3 is 0 Å². The Morgan fingerprint density at radius 3 is 0.903 bits per heavy atom. The number of hydrogen-bond donors (Lipinski definition) is 0. The van der Waals surface area contributed by atoms with Gasteiger partial charge in [0.25, 0.3) is 0 Å². The van der Waals surface area contributed by atoms with Gasteiger partial charge in [-0.1, -0.05) is 142 Å². The molecule has 0 unspecified atom stereocenters. The van der Waals surface area contributed by atoms with Crippen LogP contribution < -0.4 is 0 Å². The fourth-order valence-electron chi connectivity index (χ4n) is 4.42. The summed E-state index contributed by atoms with van der Waals surface area (Å²) in [7, 11) is 0. The maximum Gasteiger partial charge on any atom is 0.236 e. The minimum atomic E-state index is -1.16. The number of hydrogen-bond acceptors (Lipinski definition) is 2. The Kier molecular flexibility index (Phi) is 21.7. The molecule has 4 heteroatoms. The number of unbranched alkanes of at least 4 members (excludes halogenated alkanes) is 18. The van der Waals surface area contributed by atoms with Gasteiger partial charge in [0.2, 0.25) is 10.5 Å². The van der Waals surface area contributed by atoms with E-state index in [4.69, 9.17) is 23.2 Å². The average Bonchev–Trinajstić information content (AvgIpc) is 2.74. The van der Waals surface area contributed by atoms with E-state index in [0.717, 1.165) is 38.5 Å². The lowest BCUT2D eigenvalue weighted by Crippen LogP contribution is -2.34. The Bertz CT molecular complexity index is 397. The predicted molar refractivity (Wildman–Crippen MR) is 137 cm³/mol. The minimum Gasteiger partial charge on any atom is -0.280 e. The lowest BCUT2D eigenvalue weighted by Gasteiger charge is -2.26. The fraction of sp³-hybridized carbons (Fsp3) is 0.926. The summed E-state index contributed by atoms with van der Waals surface area (Å²) in [4.78, 5) is 24.3. The van der Waals surface area contributed by atoms with E-state index in [2.05, 4.69) is 13.8 Å². The maximum absolute atomic E-state index is 12.2. The SMILES string of the molecule is CCCCCCCCCCCCC(CCCCCCCCCCCC)(C(=O)Cl)C(=O)Cl. The first-order valence-corrected chi connectivity index (χ1v) is 14.2. The minimum absolute atomic E-state index is 0.506. The van der Waals surface area contributed by atoms with Crippen LogP contribution in [-0.2, 0) is 9.59 Å². The molecule has 0 fully saturated rings. The van der Waals surface area contributed by atoms with Crippen LogP contribution in [0, 0.1) is 5.41 Å². The summed E-state index contributed by atoms with van der Waals surface area (Å²) in [5, 5.41) is -1.11. The van der Waals surface area contributed by atoms with E-state index < -0.39 is 15.9 Å². The molecule has 0 radical (unpaired) electrons. The molecule has 0 aromatic rings. The molecule has 0 rings (SSSR count). The van der Waals surface area contributed by atoms with E-state index >= 15 is 0 Å². The van der Waals surface area contributed by atoms with Gasteiger partial charge in [-0.2, -0.15) is 0 Å². The first-order chi connectivity index (χ1) is 15.0. The fourth-order valence-corrected chi connectivity index (χ4v) is 5.02. The van der Waals surface area contributed by atoms with Crippen molar-refractivity contribution in [3.05, 3.63) is 0 Å². The first kappa shape index (κ1) is 30.9. The Balaban J connectivity index is 4.01. The van der Waals surface area contributed by atoms with Crippen LogP contribution >= 0.6 is 23.2 Å². The first-order valence-electron chi connectivity index (χ1n) is 13.4.